The van der Waals surface area contributed by atoms with Crippen molar-refractivity contribution < 1.29 is 9.53 Å². The van der Waals surface area contributed by atoms with Gasteiger partial charge in [-0.25, -0.2) is 4.68 Å². The lowest BCUT2D eigenvalue weighted by Crippen LogP contribution is -2.14. The summed E-state index contributed by atoms with van der Waals surface area (Å²) in [6, 6.07) is 15.0. The second kappa shape index (κ2) is 6.54. The minimum atomic E-state index is -0.281. The minimum Gasteiger partial charge on any atom is -0.497 e. The molecule has 3 rings (SSSR count). The van der Waals surface area contributed by atoms with Crippen molar-refractivity contribution in [3.05, 3.63) is 65.5 Å². The number of nitrogens with zero attached hydrogens (tertiary/aromatic N) is 3. The van der Waals surface area contributed by atoms with Gasteiger partial charge in [-0.3, -0.25) is 4.79 Å². The summed E-state index contributed by atoms with van der Waals surface area (Å²) < 4.78 is 6.77. The van der Waals surface area contributed by atoms with Gasteiger partial charge in [-0.05, 0) is 50.2 Å². The summed E-state index contributed by atoms with van der Waals surface area (Å²) in [7, 11) is 1.61. The fourth-order valence-electron chi connectivity index (χ4n) is 2.33. The molecule has 122 valence electrons. The molecular weight excluding hydrogens is 304 g/mol. The van der Waals surface area contributed by atoms with Crippen LogP contribution in [0, 0.1) is 13.8 Å². The van der Waals surface area contributed by atoms with Crippen molar-refractivity contribution >= 4 is 11.6 Å². The van der Waals surface area contributed by atoms with Crippen molar-refractivity contribution in [3.63, 3.8) is 0 Å². The highest BCUT2D eigenvalue weighted by molar-refractivity contribution is 6.03. The molecular formula is C18H18N4O2. The van der Waals surface area contributed by atoms with Gasteiger partial charge in [-0.2, -0.15) is 0 Å². The number of carbonyl (C=O) groups is 1. The maximum absolute atomic E-state index is 12.4. The number of hydrogen-bond donors (Lipinski definition) is 1. The molecule has 0 unspecified atom stereocenters. The molecule has 0 aliphatic rings. The summed E-state index contributed by atoms with van der Waals surface area (Å²) in [6.45, 7) is 3.81. The smallest absolute Gasteiger partial charge is 0.278 e. The monoisotopic (exact) mass is 322 g/mol. The Morgan fingerprint density at radius 1 is 1.04 bits per heavy atom. The van der Waals surface area contributed by atoms with Crippen molar-refractivity contribution in [3.8, 4) is 11.4 Å². The molecule has 24 heavy (non-hydrogen) atoms. The number of nitrogens with one attached hydrogen (secondary N) is 1. The van der Waals surface area contributed by atoms with Crippen LogP contribution in [0.5, 0.6) is 5.75 Å². The summed E-state index contributed by atoms with van der Waals surface area (Å²) in [4.78, 5) is 12.4. The summed E-state index contributed by atoms with van der Waals surface area (Å²) >= 11 is 0. The first-order chi connectivity index (χ1) is 11.6. The number of aromatic nitrogens is 3. The molecule has 0 saturated carbocycles. The normalized spacial score (nSPS) is 10.5. The number of rotatable bonds is 4. The molecule has 0 aliphatic heterocycles. The van der Waals surface area contributed by atoms with Crippen molar-refractivity contribution in [2.45, 2.75) is 13.8 Å². The first-order valence-electron chi connectivity index (χ1n) is 7.53. The van der Waals surface area contributed by atoms with E-state index < -0.39 is 0 Å². The van der Waals surface area contributed by atoms with Gasteiger partial charge in [0, 0.05) is 5.69 Å². The summed E-state index contributed by atoms with van der Waals surface area (Å²) in [6.07, 6.45) is 0. The molecule has 0 spiro atoms. The summed E-state index contributed by atoms with van der Waals surface area (Å²) in [5, 5.41) is 10.9. The Morgan fingerprint density at radius 2 is 1.71 bits per heavy atom. The zero-order chi connectivity index (χ0) is 17.1. The third-order valence-electron chi connectivity index (χ3n) is 3.74. The van der Waals surface area contributed by atoms with E-state index in [2.05, 4.69) is 15.6 Å². The largest absolute Gasteiger partial charge is 0.497 e. The van der Waals surface area contributed by atoms with Gasteiger partial charge < -0.3 is 10.1 Å². The first kappa shape index (κ1) is 15.7. The molecule has 1 N–H and O–H groups in total. The Morgan fingerprint density at radius 3 is 2.33 bits per heavy atom. The minimum absolute atomic E-state index is 0.281. The Hall–Kier alpha value is -3.15. The van der Waals surface area contributed by atoms with Crippen molar-refractivity contribution in [2.75, 3.05) is 12.4 Å². The van der Waals surface area contributed by atoms with Crippen LogP contribution in [-0.4, -0.2) is 28.0 Å². The van der Waals surface area contributed by atoms with Gasteiger partial charge in [0.05, 0.1) is 18.5 Å². The van der Waals surface area contributed by atoms with E-state index in [0.717, 1.165) is 22.7 Å². The van der Waals surface area contributed by atoms with E-state index in [1.165, 1.54) is 0 Å². The predicted octanol–water partition coefficient (Wildman–Crippen LogP) is 3.15. The number of anilines is 1. The number of hydrogen-bond acceptors (Lipinski definition) is 4. The molecule has 1 heterocycles. The van der Waals surface area contributed by atoms with E-state index in [1.54, 1.807) is 11.8 Å². The average Bonchev–Trinajstić information content (AvgIpc) is 2.98. The van der Waals surface area contributed by atoms with Crippen LogP contribution < -0.4 is 10.1 Å². The van der Waals surface area contributed by atoms with Gasteiger partial charge in [-0.15, -0.1) is 5.10 Å². The second-order valence-corrected chi connectivity index (χ2v) is 5.45. The van der Waals surface area contributed by atoms with Crippen LogP contribution in [0.25, 0.3) is 5.69 Å². The Kier molecular flexibility index (Phi) is 4.29. The number of carbonyl (C=O) groups excluding carboxylic acids is 1. The molecule has 1 aromatic heterocycles. The van der Waals surface area contributed by atoms with Gasteiger partial charge in [-0.1, -0.05) is 22.9 Å². The molecule has 0 radical (unpaired) electrons. The van der Waals surface area contributed by atoms with E-state index in [-0.39, 0.29) is 5.91 Å². The lowest BCUT2D eigenvalue weighted by atomic mass is 10.2. The summed E-state index contributed by atoms with van der Waals surface area (Å²) in [5.74, 6) is 0.477. The maximum Gasteiger partial charge on any atom is 0.278 e. The molecule has 6 heteroatoms. The van der Waals surface area contributed by atoms with E-state index in [9.17, 15) is 4.79 Å². The Labute approximate surface area is 140 Å². The van der Waals surface area contributed by atoms with Crippen LogP contribution in [0.4, 0.5) is 5.69 Å². The van der Waals surface area contributed by atoms with Crippen LogP contribution >= 0.6 is 0 Å². The van der Waals surface area contributed by atoms with E-state index in [4.69, 9.17) is 4.74 Å². The quantitative estimate of drug-likeness (QED) is 0.801. The molecule has 2 aromatic carbocycles. The van der Waals surface area contributed by atoms with E-state index in [0.29, 0.717) is 11.4 Å². The zero-order valence-corrected chi connectivity index (χ0v) is 13.8. The van der Waals surface area contributed by atoms with E-state index >= 15 is 0 Å². The zero-order valence-electron chi connectivity index (χ0n) is 13.8. The fraction of sp³-hybridized carbons (Fsp3) is 0.167. The van der Waals surface area contributed by atoms with Crippen molar-refractivity contribution in [2.24, 2.45) is 0 Å². The number of ether oxygens (including phenoxy) is 1. The number of benzene rings is 2. The van der Waals surface area contributed by atoms with E-state index in [1.807, 2.05) is 62.4 Å². The molecule has 0 saturated heterocycles. The molecule has 0 aliphatic carbocycles. The third kappa shape index (κ3) is 3.12. The van der Waals surface area contributed by atoms with Gasteiger partial charge in [0.2, 0.25) is 0 Å². The molecule has 0 atom stereocenters. The van der Waals surface area contributed by atoms with Gasteiger partial charge >= 0.3 is 0 Å². The van der Waals surface area contributed by atoms with Gasteiger partial charge in [0.25, 0.3) is 5.91 Å². The lowest BCUT2D eigenvalue weighted by molar-refractivity contribution is 0.102. The number of methoxy groups -OCH3 is 1. The molecule has 1 amide bonds. The summed E-state index contributed by atoms with van der Waals surface area (Å²) in [5.41, 5.74) is 3.64. The highest BCUT2D eigenvalue weighted by Gasteiger charge is 2.17. The average molecular weight is 322 g/mol. The molecule has 3 aromatic rings. The van der Waals surface area contributed by atoms with Crippen LogP contribution in [0.3, 0.4) is 0 Å². The predicted molar refractivity (Wildman–Crippen MR) is 91.8 cm³/mol. The fourth-order valence-corrected chi connectivity index (χ4v) is 2.33. The standard InChI is InChI=1S/C18H18N4O2/c1-12-4-6-14(7-5-12)19-18(23)17-13(2)22(21-20-17)15-8-10-16(24-3)11-9-15/h4-11H,1-3H3,(H,19,23). The molecule has 6 nitrogen and oxygen atoms in total. The molecule has 0 fully saturated rings. The second-order valence-electron chi connectivity index (χ2n) is 5.45. The third-order valence-corrected chi connectivity index (χ3v) is 3.74. The SMILES string of the molecule is COc1ccc(-n2nnc(C(=O)Nc3ccc(C)cc3)c2C)cc1. The number of amides is 1. The lowest BCUT2D eigenvalue weighted by Gasteiger charge is -2.06. The highest BCUT2D eigenvalue weighted by Crippen LogP contribution is 2.17. The molecule has 0 bridgehead atoms. The van der Waals surface area contributed by atoms with Crippen molar-refractivity contribution in [1.82, 2.24) is 15.0 Å². The van der Waals surface area contributed by atoms with Gasteiger partial charge in [0.15, 0.2) is 5.69 Å². The van der Waals surface area contributed by atoms with Crippen molar-refractivity contribution in [1.29, 1.82) is 0 Å². The van der Waals surface area contributed by atoms with Crippen LogP contribution in [0.2, 0.25) is 0 Å². The Bertz CT molecular complexity index is 852. The van der Waals surface area contributed by atoms with Crippen LogP contribution in [0.1, 0.15) is 21.7 Å². The highest BCUT2D eigenvalue weighted by atomic mass is 16.5. The van der Waals surface area contributed by atoms with Gasteiger partial charge in [0.1, 0.15) is 5.75 Å². The first-order valence-corrected chi connectivity index (χ1v) is 7.53. The Balaban J connectivity index is 1.83. The van der Waals surface area contributed by atoms with Crippen LogP contribution in [-0.2, 0) is 0 Å². The maximum atomic E-state index is 12.4. The topological polar surface area (TPSA) is 69.0 Å². The van der Waals surface area contributed by atoms with Crippen LogP contribution in [0.15, 0.2) is 48.5 Å². The number of aryl methyl sites for hydroxylation is 1.